The van der Waals surface area contributed by atoms with Crippen LogP contribution in [0.1, 0.15) is 63.3 Å². The van der Waals surface area contributed by atoms with Gasteiger partial charge in [-0.25, -0.2) is 0 Å². The summed E-state index contributed by atoms with van der Waals surface area (Å²) >= 11 is 0. The zero-order valence-corrected chi connectivity index (χ0v) is 21.9. The van der Waals surface area contributed by atoms with Gasteiger partial charge in [0.25, 0.3) is 11.7 Å². The first-order chi connectivity index (χ1) is 17.7. The van der Waals surface area contributed by atoms with Crippen molar-refractivity contribution in [2.24, 2.45) is 0 Å². The molecule has 0 bridgehead atoms. The number of carbonyl (C=O) groups excluding carboxylic acids is 2. The van der Waals surface area contributed by atoms with Gasteiger partial charge in [-0.05, 0) is 74.2 Å². The van der Waals surface area contributed by atoms with E-state index in [-0.39, 0.29) is 17.4 Å². The third-order valence-corrected chi connectivity index (χ3v) is 6.27. The van der Waals surface area contributed by atoms with Gasteiger partial charge in [-0.3, -0.25) is 14.5 Å². The molecule has 3 aromatic carbocycles. The van der Waals surface area contributed by atoms with Crippen LogP contribution in [0.15, 0.2) is 78.4 Å². The van der Waals surface area contributed by atoms with Crippen molar-refractivity contribution in [3.05, 3.63) is 95.1 Å². The summed E-state index contributed by atoms with van der Waals surface area (Å²) < 4.78 is 11.4. The maximum Gasteiger partial charge on any atom is 0.300 e. The fourth-order valence-corrected chi connectivity index (χ4v) is 4.49. The summed E-state index contributed by atoms with van der Waals surface area (Å²) in [6, 6.07) is 21.0. The topological polar surface area (TPSA) is 76.1 Å². The summed E-state index contributed by atoms with van der Waals surface area (Å²) in [6.45, 7) is 10.4. The predicted octanol–water partition coefficient (Wildman–Crippen LogP) is 6.62. The van der Waals surface area contributed by atoms with Gasteiger partial charge in [-0.2, -0.15) is 0 Å². The highest BCUT2D eigenvalue weighted by atomic mass is 16.5. The van der Waals surface area contributed by atoms with Crippen molar-refractivity contribution >= 4 is 23.1 Å². The molecule has 1 fully saturated rings. The molecule has 1 amide bonds. The number of nitrogens with zero attached hydrogens (tertiary/aromatic N) is 1. The van der Waals surface area contributed by atoms with E-state index in [0.717, 1.165) is 5.56 Å². The molecule has 37 heavy (non-hydrogen) atoms. The van der Waals surface area contributed by atoms with E-state index in [1.807, 2.05) is 69.3 Å². The molecule has 1 aliphatic rings. The highest BCUT2D eigenvalue weighted by Gasteiger charge is 2.47. The first-order valence-electron chi connectivity index (χ1n) is 12.6. The Bertz CT molecular complexity index is 1310. The Hall–Kier alpha value is -4.06. The Morgan fingerprint density at radius 3 is 2.19 bits per heavy atom. The SMILES string of the molecule is CCOc1cccc(/C(O)=C2/C(=O)C(=O)N(c3ccc(C(C)C)cc3)C2c2ccc(OC(C)C)cc2)c1. The molecule has 1 unspecified atom stereocenters. The number of Topliss-reactive ketones (excluding diaryl/α,β-unsaturated/α-hetero) is 1. The molecule has 4 rings (SSSR count). The van der Waals surface area contributed by atoms with Gasteiger partial charge in [-0.1, -0.05) is 50.2 Å². The van der Waals surface area contributed by atoms with Crippen molar-refractivity contribution in [1.82, 2.24) is 0 Å². The lowest BCUT2D eigenvalue weighted by atomic mass is 9.94. The molecule has 1 saturated heterocycles. The summed E-state index contributed by atoms with van der Waals surface area (Å²) in [7, 11) is 0. The third-order valence-electron chi connectivity index (χ3n) is 6.27. The van der Waals surface area contributed by atoms with Crippen LogP contribution in [0, 0.1) is 0 Å². The van der Waals surface area contributed by atoms with Gasteiger partial charge < -0.3 is 14.6 Å². The first kappa shape index (κ1) is 26.0. The zero-order valence-electron chi connectivity index (χ0n) is 21.9. The minimum Gasteiger partial charge on any atom is -0.507 e. The first-order valence-corrected chi connectivity index (χ1v) is 12.6. The Morgan fingerprint density at radius 2 is 1.59 bits per heavy atom. The lowest BCUT2D eigenvalue weighted by Gasteiger charge is -2.26. The molecular weight excluding hydrogens is 466 g/mol. The van der Waals surface area contributed by atoms with Crippen LogP contribution in [0.3, 0.4) is 0 Å². The van der Waals surface area contributed by atoms with Crippen LogP contribution < -0.4 is 14.4 Å². The van der Waals surface area contributed by atoms with E-state index < -0.39 is 17.7 Å². The van der Waals surface area contributed by atoms with E-state index in [9.17, 15) is 14.7 Å². The van der Waals surface area contributed by atoms with Gasteiger partial charge in [0, 0.05) is 11.3 Å². The third kappa shape index (κ3) is 5.38. The van der Waals surface area contributed by atoms with E-state index in [1.165, 1.54) is 4.90 Å². The van der Waals surface area contributed by atoms with Gasteiger partial charge in [-0.15, -0.1) is 0 Å². The molecule has 1 atom stereocenters. The van der Waals surface area contributed by atoms with E-state index >= 15 is 0 Å². The predicted molar refractivity (Wildman–Crippen MR) is 145 cm³/mol. The molecule has 0 radical (unpaired) electrons. The Kier molecular flexibility index (Phi) is 7.67. The maximum absolute atomic E-state index is 13.4. The molecule has 192 valence electrons. The fourth-order valence-electron chi connectivity index (χ4n) is 4.49. The fraction of sp³-hybridized carbons (Fsp3) is 0.290. The van der Waals surface area contributed by atoms with Crippen molar-refractivity contribution in [2.45, 2.75) is 52.7 Å². The number of rotatable bonds is 8. The van der Waals surface area contributed by atoms with Crippen molar-refractivity contribution in [3.63, 3.8) is 0 Å². The lowest BCUT2D eigenvalue weighted by molar-refractivity contribution is -0.132. The van der Waals surface area contributed by atoms with E-state index in [2.05, 4.69) is 13.8 Å². The van der Waals surface area contributed by atoms with Gasteiger partial charge in [0.1, 0.15) is 17.3 Å². The normalized spacial score (nSPS) is 17.1. The monoisotopic (exact) mass is 499 g/mol. The molecule has 6 heteroatoms. The Balaban J connectivity index is 1.86. The summed E-state index contributed by atoms with van der Waals surface area (Å²) in [5.74, 6) is -0.0923. The molecule has 1 heterocycles. The molecule has 0 aromatic heterocycles. The summed E-state index contributed by atoms with van der Waals surface area (Å²) in [5, 5.41) is 11.4. The van der Waals surface area contributed by atoms with Crippen LogP contribution in [0.5, 0.6) is 11.5 Å². The van der Waals surface area contributed by atoms with Gasteiger partial charge in [0.2, 0.25) is 0 Å². The second-order valence-electron chi connectivity index (χ2n) is 9.61. The maximum atomic E-state index is 13.4. The van der Waals surface area contributed by atoms with Crippen molar-refractivity contribution in [2.75, 3.05) is 11.5 Å². The molecule has 6 nitrogen and oxygen atoms in total. The number of aliphatic hydroxyl groups excluding tert-OH is 1. The van der Waals surface area contributed by atoms with Gasteiger partial charge in [0.05, 0.1) is 24.3 Å². The van der Waals surface area contributed by atoms with Crippen LogP contribution in [-0.2, 0) is 9.59 Å². The Morgan fingerprint density at radius 1 is 0.919 bits per heavy atom. The number of aliphatic hydroxyl groups is 1. The van der Waals surface area contributed by atoms with E-state index in [0.29, 0.717) is 40.8 Å². The van der Waals surface area contributed by atoms with E-state index in [1.54, 1.807) is 24.3 Å². The quantitative estimate of drug-likeness (QED) is 0.214. The van der Waals surface area contributed by atoms with Gasteiger partial charge >= 0.3 is 0 Å². The number of carbonyl (C=O) groups is 2. The molecule has 1 N–H and O–H groups in total. The molecule has 0 saturated carbocycles. The highest BCUT2D eigenvalue weighted by Crippen LogP contribution is 2.43. The summed E-state index contributed by atoms with van der Waals surface area (Å²) in [6.07, 6.45) is 0.00794. The number of ether oxygens (including phenoxy) is 2. The number of benzene rings is 3. The standard InChI is InChI=1S/C31H33NO5/c1-6-36-26-9-7-8-23(18-26)29(33)27-28(22-12-16-25(17-13-22)37-20(4)5)32(31(35)30(27)34)24-14-10-21(11-15-24)19(2)3/h7-20,28,33H,6H2,1-5H3/b29-27-. The van der Waals surface area contributed by atoms with E-state index in [4.69, 9.17) is 9.47 Å². The lowest BCUT2D eigenvalue weighted by Crippen LogP contribution is -2.29. The summed E-state index contributed by atoms with van der Waals surface area (Å²) in [5.41, 5.74) is 2.83. The van der Waals surface area contributed by atoms with Crippen LogP contribution in [0.2, 0.25) is 0 Å². The van der Waals surface area contributed by atoms with Crippen molar-refractivity contribution in [1.29, 1.82) is 0 Å². The van der Waals surface area contributed by atoms with Crippen molar-refractivity contribution in [3.8, 4) is 11.5 Å². The number of ketones is 1. The minimum absolute atomic E-state index is 0.00794. The van der Waals surface area contributed by atoms with Crippen LogP contribution in [0.4, 0.5) is 5.69 Å². The second kappa shape index (κ2) is 10.9. The smallest absolute Gasteiger partial charge is 0.300 e. The average Bonchev–Trinajstić information content (AvgIpc) is 3.14. The number of anilines is 1. The molecule has 0 spiro atoms. The number of hydrogen-bond donors (Lipinski definition) is 1. The molecule has 3 aromatic rings. The molecule has 0 aliphatic carbocycles. The highest BCUT2D eigenvalue weighted by molar-refractivity contribution is 6.51. The zero-order chi connectivity index (χ0) is 26.7. The number of amides is 1. The van der Waals surface area contributed by atoms with Crippen LogP contribution in [0.25, 0.3) is 5.76 Å². The average molecular weight is 500 g/mol. The minimum atomic E-state index is -0.811. The summed E-state index contributed by atoms with van der Waals surface area (Å²) in [4.78, 5) is 28.3. The molecule has 1 aliphatic heterocycles. The molecular formula is C31H33NO5. The number of hydrogen-bond acceptors (Lipinski definition) is 5. The van der Waals surface area contributed by atoms with Gasteiger partial charge in [0.15, 0.2) is 0 Å². The second-order valence-corrected chi connectivity index (χ2v) is 9.61. The Labute approximate surface area is 218 Å². The van der Waals surface area contributed by atoms with Crippen LogP contribution in [-0.4, -0.2) is 29.5 Å². The van der Waals surface area contributed by atoms with Crippen LogP contribution >= 0.6 is 0 Å². The largest absolute Gasteiger partial charge is 0.507 e. The van der Waals surface area contributed by atoms with Crippen molar-refractivity contribution < 1.29 is 24.2 Å².